The Morgan fingerprint density at radius 1 is 1.18 bits per heavy atom. The number of carbonyl (C=O) groups is 1. The summed E-state index contributed by atoms with van der Waals surface area (Å²) in [5.41, 5.74) is 2.72. The van der Waals surface area contributed by atoms with Crippen LogP contribution in [0.4, 0.5) is 0 Å². The molecule has 3 aromatic rings. The molecule has 0 unspecified atom stereocenters. The Balaban J connectivity index is 1.71. The smallest absolute Gasteiger partial charge is 0.258 e. The molecular formula is C16H11ClN2O2S. The van der Waals surface area contributed by atoms with Gasteiger partial charge in [-0.05, 0) is 42.7 Å². The number of Topliss-reactive ketones (excluding diaryl/α,β-unsaturated/α-hetero) is 1. The number of fused-ring (bicyclic) bond motifs is 1. The van der Waals surface area contributed by atoms with Crippen molar-refractivity contribution >= 4 is 28.7 Å². The highest BCUT2D eigenvalue weighted by Gasteiger charge is 2.19. The molecule has 0 bridgehead atoms. The first kappa shape index (κ1) is 13.7. The molecule has 1 aromatic carbocycles. The number of carbonyl (C=O) groups excluding carboxylic acids is 1. The summed E-state index contributed by atoms with van der Waals surface area (Å²) < 4.78 is 6.04. The van der Waals surface area contributed by atoms with Gasteiger partial charge in [0.25, 0.3) is 5.89 Å². The second-order valence-corrected chi connectivity index (χ2v) is 6.89. The van der Waals surface area contributed by atoms with Gasteiger partial charge in [-0.1, -0.05) is 22.8 Å². The van der Waals surface area contributed by atoms with Crippen molar-refractivity contribution in [2.45, 2.75) is 19.3 Å². The van der Waals surface area contributed by atoms with Crippen LogP contribution in [0.1, 0.15) is 28.8 Å². The maximum atomic E-state index is 11.9. The lowest BCUT2D eigenvalue weighted by Gasteiger charge is -2.14. The molecule has 0 aliphatic heterocycles. The standard InChI is InChI=1S/C16H11ClN2O2S/c17-14-7-6-13(22-14)15-18-16(21-19-15)10-4-5-11-9(8-10)2-1-3-12(11)20/h4-8H,1-3H2. The highest BCUT2D eigenvalue weighted by atomic mass is 35.5. The topological polar surface area (TPSA) is 56.0 Å². The molecule has 110 valence electrons. The molecule has 0 N–H and O–H groups in total. The number of benzene rings is 1. The first-order chi connectivity index (χ1) is 10.7. The minimum absolute atomic E-state index is 0.215. The van der Waals surface area contributed by atoms with Crippen molar-refractivity contribution in [1.82, 2.24) is 10.1 Å². The lowest BCUT2D eigenvalue weighted by atomic mass is 9.89. The molecule has 0 amide bonds. The zero-order valence-electron chi connectivity index (χ0n) is 11.5. The van der Waals surface area contributed by atoms with Crippen LogP contribution in [0.15, 0.2) is 34.9 Å². The van der Waals surface area contributed by atoms with Crippen LogP contribution in [-0.2, 0) is 6.42 Å². The molecule has 4 nitrogen and oxygen atoms in total. The van der Waals surface area contributed by atoms with Gasteiger partial charge in [-0.2, -0.15) is 4.98 Å². The third kappa shape index (κ3) is 2.36. The molecule has 0 spiro atoms. The van der Waals surface area contributed by atoms with Crippen molar-refractivity contribution in [3.8, 4) is 22.2 Å². The monoisotopic (exact) mass is 330 g/mol. The third-order valence-corrected chi connectivity index (χ3v) is 4.95. The van der Waals surface area contributed by atoms with E-state index in [-0.39, 0.29) is 5.78 Å². The normalized spacial score (nSPS) is 14.1. The molecule has 1 aliphatic carbocycles. The summed E-state index contributed by atoms with van der Waals surface area (Å²) in [6, 6.07) is 9.37. The van der Waals surface area contributed by atoms with Gasteiger partial charge in [0.05, 0.1) is 9.21 Å². The fourth-order valence-electron chi connectivity index (χ4n) is 2.65. The first-order valence-electron chi connectivity index (χ1n) is 6.96. The van der Waals surface area contributed by atoms with E-state index in [0.29, 0.717) is 22.5 Å². The summed E-state index contributed by atoms with van der Waals surface area (Å²) in [5, 5.41) is 4.00. The molecule has 0 atom stereocenters. The minimum atomic E-state index is 0.215. The van der Waals surface area contributed by atoms with Crippen molar-refractivity contribution in [1.29, 1.82) is 0 Å². The van der Waals surface area contributed by atoms with E-state index in [4.69, 9.17) is 16.1 Å². The van der Waals surface area contributed by atoms with Gasteiger partial charge < -0.3 is 4.52 Å². The van der Waals surface area contributed by atoms with Crippen LogP contribution in [0.25, 0.3) is 22.2 Å². The fourth-order valence-corrected chi connectivity index (χ4v) is 3.62. The van der Waals surface area contributed by atoms with Gasteiger partial charge in [-0.3, -0.25) is 4.79 Å². The number of nitrogens with zero attached hydrogens (tertiary/aromatic N) is 2. The second kappa shape index (κ2) is 5.34. The van der Waals surface area contributed by atoms with Crippen LogP contribution in [-0.4, -0.2) is 15.9 Å². The van der Waals surface area contributed by atoms with Crippen molar-refractivity contribution in [2.24, 2.45) is 0 Å². The Morgan fingerprint density at radius 2 is 2.09 bits per heavy atom. The highest BCUT2D eigenvalue weighted by molar-refractivity contribution is 7.19. The summed E-state index contributed by atoms with van der Waals surface area (Å²) in [7, 11) is 0. The van der Waals surface area contributed by atoms with E-state index < -0.39 is 0 Å². The first-order valence-corrected chi connectivity index (χ1v) is 8.16. The van der Waals surface area contributed by atoms with Gasteiger partial charge in [0.15, 0.2) is 5.78 Å². The molecule has 2 heterocycles. The Morgan fingerprint density at radius 3 is 2.91 bits per heavy atom. The van der Waals surface area contributed by atoms with E-state index in [9.17, 15) is 4.79 Å². The zero-order chi connectivity index (χ0) is 15.1. The van der Waals surface area contributed by atoms with E-state index in [1.807, 2.05) is 30.3 Å². The van der Waals surface area contributed by atoms with Crippen LogP contribution in [0.2, 0.25) is 4.34 Å². The molecule has 0 saturated heterocycles. The summed E-state index contributed by atoms with van der Waals surface area (Å²) in [6.07, 6.45) is 2.45. The molecule has 0 radical (unpaired) electrons. The number of thiophene rings is 1. The van der Waals surface area contributed by atoms with E-state index >= 15 is 0 Å². The highest BCUT2D eigenvalue weighted by Crippen LogP contribution is 2.31. The number of rotatable bonds is 2. The van der Waals surface area contributed by atoms with Gasteiger partial charge in [0, 0.05) is 17.5 Å². The van der Waals surface area contributed by atoms with E-state index in [0.717, 1.165) is 34.4 Å². The third-order valence-electron chi connectivity index (χ3n) is 3.72. The molecule has 0 fully saturated rings. The maximum absolute atomic E-state index is 11.9. The van der Waals surface area contributed by atoms with Crippen LogP contribution in [0.3, 0.4) is 0 Å². The van der Waals surface area contributed by atoms with Gasteiger partial charge in [-0.25, -0.2) is 0 Å². The summed E-state index contributed by atoms with van der Waals surface area (Å²) in [5.74, 6) is 1.20. The summed E-state index contributed by atoms with van der Waals surface area (Å²) in [6.45, 7) is 0. The molecule has 0 saturated carbocycles. The molecule has 1 aliphatic rings. The number of hydrogen-bond donors (Lipinski definition) is 0. The molecule has 4 rings (SSSR count). The zero-order valence-corrected chi connectivity index (χ0v) is 13.1. The number of hydrogen-bond acceptors (Lipinski definition) is 5. The average molecular weight is 331 g/mol. The van der Waals surface area contributed by atoms with Gasteiger partial charge in [0.1, 0.15) is 0 Å². The van der Waals surface area contributed by atoms with Crippen LogP contribution in [0, 0.1) is 0 Å². The van der Waals surface area contributed by atoms with Gasteiger partial charge in [0.2, 0.25) is 5.82 Å². The molecule has 22 heavy (non-hydrogen) atoms. The number of aryl methyl sites for hydroxylation is 1. The fraction of sp³-hybridized carbons (Fsp3) is 0.188. The average Bonchev–Trinajstić information content (AvgIpc) is 3.16. The lowest BCUT2D eigenvalue weighted by molar-refractivity contribution is 0.0972. The quantitative estimate of drug-likeness (QED) is 0.687. The van der Waals surface area contributed by atoms with Crippen molar-refractivity contribution in [2.75, 3.05) is 0 Å². The minimum Gasteiger partial charge on any atom is -0.334 e. The second-order valence-electron chi connectivity index (χ2n) is 5.18. The van der Waals surface area contributed by atoms with Crippen molar-refractivity contribution in [3.63, 3.8) is 0 Å². The molecular weight excluding hydrogens is 320 g/mol. The van der Waals surface area contributed by atoms with Crippen LogP contribution < -0.4 is 0 Å². The number of ketones is 1. The molecule has 6 heteroatoms. The Labute approximate surface area is 135 Å². The Kier molecular flexibility index (Phi) is 3.32. The van der Waals surface area contributed by atoms with Crippen molar-refractivity contribution < 1.29 is 9.32 Å². The van der Waals surface area contributed by atoms with Gasteiger partial charge in [-0.15, -0.1) is 11.3 Å². The Bertz CT molecular complexity index is 869. The van der Waals surface area contributed by atoms with Crippen LogP contribution in [0.5, 0.6) is 0 Å². The van der Waals surface area contributed by atoms with E-state index in [1.165, 1.54) is 11.3 Å². The lowest BCUT2D eigenvalue weighted by Crippen LogP contribution is -2.10. The van der Waals surface area contributed by atoms with Crippen LogP contribution >= 0.6 is 22.9 Å². The predicted octanol–water partition coefficient (Wildman–Crippen LogP) is 4.64. The maximum Gasteiger partial charge on any atom is 0.258 e. The SMILES string of the molecule is O=C1CCCc2cc(-c3nc(-c4ccc(Cl)s4)no3)ccc21. The molecule has 2 aromatic heterocycles. The largest absolute Gasteiger partial charge is 0.334 e. The number of aromatic nitrogens is 2. The Hall–Kier alpha value is -1.98. The number of halogens is 1. The van der Waals surface area contributed by atoms with E-state index in [1.54, 1.807) is 0 Å². The predicted molar refractivity (Wildman–Crippen MR) is 85.3 cm³/mol. The van der Waals surface area contributed by atoms with E-state index in [2.05, 4.69) is 10.1 Å². The summed E-state index contributed by atoms with van der Waals surface area (Å²) >= 11 is 7.34. The summed E-state index contributed by atoms with van der Waals surface area (Å²) in [4.78, 5) is 17.2. The van der Waals surface area contributed by atoms with Gasteiger partial charge >= 0.3 is 0 Å². The van der Waals surface area contributed by atoms with Crippen molar-refractivity contribution in [3.05, 3.63) is 45.8 Å².